The number of hydrogen-bond acceptors (Lipinski definition) is 7. The zero-order valence-corrected chi connectivity index (χ0v) is 19.6. The summed E-state index contributed by atoms with van der Waals surface area (Å²) < 4.78 is 0. The van der Waals surface area contributed by atoms with E-state index in [4.69, 9.17) is 9.97 Å². The summed E-state index contributed by atoms with van der Waals surface area (Å²) in [5, 5.41) is 7.44. The first-order valence-electron chi connectivity index (χ1n) is 11.8. The SMILES string of the molecule is Cc1cccc(-c2n[nH]cc2-c2ccc3ncc(N4CCN(Cc5cccnc5)CC4)cc3n2)n1. The number of aromatic amines is 1. The van der Waals surface area contributed by atoms with Crippen molar-refractivity contribution in [2.45, 2.75) is 13.5 Å². The lowest BCUT2D eigenvalue weighted by molar-refractivity contribution is 0.249. The fourth-order valence-electron chi connectivity index (χ4n) is 4.59. The van der Waals surface area contributed by atoms with Gasteiger partial charge in [0.15, 0.2) is 0 Å². The van der Waals surface area contributed by atoms with Crippen LogP contribution in [0.1, 0.15) is 11.3 Å². The number of hydrogen-bond donors (Lipinski definition) is 1. The molecule has 0 aliphatic carbocycles. The number of H-pyrrole nitrogens is 1. The largest absolute Gasteiger partial charge is 0.368 e. The van der Waals surface area contributed by atoms with Gasteiger partial charge in [0.1, 0.15) is 5.69 Å². The van der Waals surface area contributed by atoms with Gasteiger partial charge in [-0.2, -0.15) is 5.10 Å². The quantitative estimate of drug-likeness (QED) is 0.421. The summed E-state index contributed by atoms with van der Waals surface area (Å²) >= 11 is 0. The molecule has 0 unspecified atom stereocenters. The average molecular weight is 463 g/mol. The maximum absolute atomic E-state index is 4.96. The number of fused-ring (bicyclic) bond motifs is 1. The lowest BCUT2D eigenvalue weighted by atomic mass is 10.1. The highest BCUT2D eigenvalue weighted by molar-refractivity contribution is 5.84. The number of anilines is 1. The van der Waals surface area contributed by atoms with E-state index in [0.29, 0.717) is 0 Å². The molecular weight excluding hydrogens is 436 g/mol. The average Bonchev–Trinajstić information content (AvgIpc) is 3.39. The van der Waals surface area contributed by atoms with Gasteiger partial charge in [0.25, 0.3) is 0 Å². The molecule has 1 aliphatic heterocycles. The molecule has 6 heterocycles. The van der Waals surface area contributed by atoms with Crippen molar-refractivity contribution < 1.29 is 0 Å². The van der Waals surface area contributed by atoms with Crippen LogP contribution in [0.2, 0.25) is 0 Å². The van der Waals surface area contributed by atoms with Gasteiger partial charge in [-0.25, -0.2) is 4.98 Å². The fourth-order valence-corrected chi connectivity index (χ4v) is 4.59. The van der Waals surface area contributed by atoms with Crippen molar-refractivity contribution in [1.29, 1.82) is 0 Å². The third-order valence-corrected chi connectivity index (χ3v) is 6.44. The number of nitrogens with one attached hydrogen (secondary N) is 1. The standard InChI is InChI=1S/C27H26N8/c1-19-4-2-6-25(31-19)27-22(17-30-33-27)23-7-8-24-26(32-23)14-21(16-29-24)35-12-10-34(11-13-35)18-20-5-3-9-28-15-20/h2-9,14-17H,10-13,18H2,1H3,(H,30,33). The molecule has 0 aromatic carbocycles. The third kappa shape index (κ3) is 4.48. The second kappa shape index (κ2) is 9.23. The van der Waals surface area contributed by atoms with Crippen LogP contribution in [0.5, 0.6) is 0 Å². The van der Waals surface area contributed by atoms with Gasteiger partial charge in [-0.15, -0.1) is 0 Å². The molecule has 5 aromatic heterocycles. The highest BCUT2D eigenvalue weighted by Crippen LogP contribution is 2.30. The van der Waals surface area contributed by atoms with Gasteiger partial charge in [-0.1, -0.05) is 12.1 Å². The monoisotopic (exact) mass is 462 g/mol. The smallest absolute Gasteiger partial charge is 0.120 e. The lowest BCUT2D eigenvalue weighted by Crippen LogP contribution is -2.46. The topological polar surface area (TPSA) is 86.7 Å². The Labute approximate surface area is 203 Å². The molecule has 35 heavy (non-hydrogen) atoms. The molecule has 0 bridgehead atoms. The molecule has 0 amide bonds. The van der Waals surface area contributed by atoms with Crippen molar-refractivity contribution in [3.8, 4) is 22.6 Å². The molecule has 1 saturated heterocycles. The molecule has 5 aromatic rings. The first-order valence-corrected chi connectivity index (χ1v) is 11.8. The highest BCUT2D eigenvalue weighted by atomic mass is 15.3. The Bertz CT molecular complexity index is 1450. The predicted octanol–water partition coefficient (Wildman–Crippen LogP) is 4.11. The molecule has 0 spiro atoms. The molecule has 1 fully saturated rings. The van der Waals surface area contributed by atoms with E-state index in [1.54, 1.807) is 0 Å². The lowest BCUT2D eigenvalue weighted by Gasteiger charge is -2.36. The summed E-state index contributed by atoms with van der Waals surface area (Å²) in [4.78, 5) is 23.4. The van der Waals surface area contributed by atoms with Crippen LogP contribution in [0.25, 0.3) is 33.7 Å². The van der Waals surface area contributed by atoms with Gasteiger partial charge in [-0.3, -0.25) is 25.0 Å². The number of nitrogens with zero attached hydrogens (tertiary/aromatic N) is 7. The Balaban J connectivity index is 1.23. The number of aromatic nitrogens is 6. The van der Waals surface area contributed by atoms with E-state index in [9.17, 15) is 0 Å². The Morgan fingerprint density at radius 2 is 1.80 bits per heavy atom. The van der Waals surface area contributed by atoms with Crippen molar-refractivity contribution >= 4 is 16.7 Å². The van der Waals surface area contributed by atoms with Gasteiger partial charge in [0.05, 0.1) is 34.3 Å². The molecule has 1 N–H and O–H groups in total. The minimum Gasteiger partial charge on any atom is -0.368 e. The van der Waals surface area contributed by atoms with E-state index in [1.807, 2.05) is 68.1 Å². The molecule has 0 radical (unpaired) electrons. The van der Waals surface area contributed by atoms with Gasteiger partial charge >= 0.3 is 0 Å². The minimum atomic E-state index is 0.800. The van der Waals surface area contributed by atoms with Crippen LogP contribution in [-0.2, 0) is 6.54 Å². The number of rotatable bonds is 5. The minimum absolute atomic E-state index is 0.800. The van der Waals surface area contributed by atoms with Gasteiger partial charge in [0, 0.05) is 62.6 Å². The van der Waals surface area contributed by atoms with E-state index in [2.05, 4.69) is 42.1 Å². The summed E-state index contributed by atoms with van der Waals surface area (Å²) in [6, 6.07) is 16.2. The maximum Gasteiger partial charge on any atom is 0.120 e. The van der Waals surface area contributed by atoms with E-state index in [0.717, 1.165) is 77.8 Å². The molecule has 6 rings (SSSR count). The Hall–Kier alpha value is -4.17. The highest BCUT2D eigenvalue weighted by Gasteiger charge is 2.19. The van der Waals surface area contributed by atoms with Crippen molar-refractivity contribution in [3.05, 3.63) is 84.6 Å². The van der Waals surface area contributed by atoms with E-state index in [-0.39, 0.29) is 0 Å². The molecule has 174 valence electrons. The number of pyridine rings is 4. The van der Waals surface area contributed by atoms with Crippen LogP contribution < -0.4 is 4.90 Å². The van der Waals surface area contributed by atoms with Gasteiger partial charge in [-0.05, 0) is 48.9 Å². The molecular formula is C27H26N8. The van der Waals surface area contributed by atoms with Crippen LogP contribution >= 0.6 is 0 Å². The summed E-state index contributed by atoms with van der Waals surface area (Å²) in [6.07, 6.45) is 7.61. The van der Waals surface area contributed by atoms with E-state index >= 15 is 0 Å². The Morgan fingerprint density at radius 3 is 2.63 bits per heavy atom. The van der Waals surface area contributed by atoms with Gasteiger partial charge < -0.3 is 4.90 Å². The van der Waals surface area contributed by atoms with Gasteiger partial charge in [0.2, 0.25) is 0 Å². The molecule has 0 saturated carbocycles. The zero-order chi connectivity index (χ0) is 23.6. The van der Waals surface area contributed by atoms with E-state index in [1.165, 1.54) is 5.56 Å². The summed E-state index contributed by atoms with van der Waals surface area (Å²) in [5.41, 5.74) is 8.49. The molecule has 8 heteroatoms. The summed E-state index contributed by atoms with van der Waals surface area (Å²) in [5.74, 6) is 0. The van der Waals surface area contributed by atoms with Crippen LogP contribution in [-0.4, -0.2) is 61.2 Å². The van der Waals surface area contributed by atoms with Crippen LogP contribution in [0.15, 0.2) is 73.3 Å². The van der Waals surface area contributed by atoms with Crippen molar-refractivity contribution in [2.24, 2.45) is 0 Å². The van der Waals surface area contributed by atoms with Crippen molar-refractivity contribution in [3.63, 3.8) is 0 Å². The predicted molar refractivity (Wildman–Crippen MR) is 137 cm³/mol. The third-order valence-electron chi connectivity index (χ3n) is 6.44. The first-order chi connectivity index (χ1) is 17.2. The second-order valence-electron chi connectivity index (χ2n) is 8.86. The zero-order valence-electron chi connectivity index (χ0n) is 19.6. The summed E-state index contributed by atoms with van der Waals surface area (Å²) in [7, 11) is 0. The number of aryl methyl sites for hydroxylation is 1. The first kappa shape index (κ1) is 21.4. The fraction of sp³-hybridized carbons (Fsp3) is 0.222. The molecule has 8 nitrogen and oxygen atoms in total. The van der Waals surface area contributed by atoms with E-state index < -0.39 is 0 Å². The Kier molecular flexibility index (Phi) is 5.64. The summed E-state index contributed by atoms with van der Waals surface area (Å²) in [6.45, 7) is 6.84. The second-order valence-corrected chi connectivity index (χ2v) is 8.86. The molecule has 1 aliphatic rings. The normalized spacial score (nSPS) is 14.5. The Morgan fingerprint density at radius 1 is 0.886 bits per heavy atom. The van der Waals surface area contributed by atoms with Crippen LogP contribution in [0.4, 0.5) is 5.69 Å². The maximum atomic E-state index is 4.96. The molecule has 0 atom stereocenters. The number of piperazine rings is 1. The van der Waals surface area contributed by atoms with Crippen molar-refractivity contribution in [1.82, 2.24) is 35.0 Å². The van der Waals surface area contributed by atoms with Crippen molar-refractivity contribution in [2.75, 3.05) is 31.1 Å². The van der Waals surface area contributed by atoms with Crippen LogP contribution in [0.3, 0.4) is 0 Å². The van der Waals surface area contributed by atoms with Crippen LogP contribution in [0, 0.1) is 6.92 Å².